The molecule has 2 aromatic carbocycles. The number of nitrogens with zero attached hydrogens (tertiary/aromatic N) is 2. The number of hydrogen-bond donors (Lipinski definition) is 0. The van der Waals surface area contributed by atoms with E-state index in [9.17, 15) is 4.79 Å². The van der Waals surface area contributed by atoms with Gasteiger partial charge in [0.1, 0.15) is 0 Å². The zero-order chi connectivity index (χ0) is 15.6. The summed E-state index contributed by atoms with van der Waals surface area (Å²) in [5.41, 5.74) is 0.818. The Morgan fingerprint density at radius 3 is 2.30 bits per heavy atom. The van der Waals surface area contributed by atoms with Gasteiger partial charge >= 0.3 is 0 Å². The first-order chi connectivity index (χ1) is 11.3. The third kappa shape index (κ3) is 2.98. The number of fused-ring (bicyclic) bond motifs is 1. The second-order valence-electron chi connectivity index (χ2n) is 6.83. The molecule has 1 heterocycles. The van der Waals surface area contributed by atoms with Gasteiger partial charge in [0.25, 0.3) is 5.91 Å². The standard InChI is InChI=1S/C20H24N2O/c23-20(18-10-9-16-5-1-2-6-17(16)15-18)22-13-11-21(12-14-22)19-7-3-4-8-19/h1-2,5-6,9-10,15,19H,3-4,7-8,11-14H2. The first-order valence-electron chi connectivity index (χ1n) is 8.83. The Hall–Kier alpha value is -1.87. The van der Waals surface area contributed by atoms with Crippen LogP contribution in [0.1, 0.15) is 36.0 Å². The largest absolute Gasteiger partial charge is 0.336 e. The second kappa shape index (κ2) is 6.32. The van der Waals surface area contributed by atoms with Gasteiger partial charge in [-0.05, 0) is 35.7 Å². The monoisotopic (exact) mass is 308 g/mol. The molecule has 0 atom stereocenters. The molecular weight excluding hydrogens is 284 g/mol. The van der Waals surface area contributed by atoms with Crippen molar-refractivity contribution in [2.75, 3.05) is 26.2 Å². The van der Waals surface area contributed by atoms with Gasteiger partial charge < -0.3 is 4.90 Å². The summed E-state index contributed by atoms with van der Waals surface area (Å²) in [6.07, 6.45) is 5.44. The summed E-state index contributed by atoms with van der Waals surface area (Å²) in [6, 6.07) is 15.0. The van der Waals surface area contributed by atoms with Crippen LogP contribution in [-0.2, 0) is 0 Å². The number of amides is 1. The number of benzene rings is 2. The van der Waals surface area contributed by atoms with Crippen LogP contribution in [0.2, 0.25) is 0 Å². The average molecular weight is 308 g/mol. The zero-order valence-corrected chi connectivity index (χ0v) is 13.6. The molecule has 0 spiro atoms. The van der Waals surface area contributed by atoms with Crippen LogP contribution in [0, 0.1) is 0 Å². The SMILES string of the molecule is O=C(c1ccc2ccccc2c1)N1CCN(C2CCCC2)CC1. The molecule has 1 aliphatic heterocycles. The Bertz CT molecular complexity index is 698. The molecule has 4 rings (SSSR count). The maximum atomic E-state index is 12.8. The zero-order valence-electron chi connectivity index (χ0n) is 13.6. The average Bonchev–Trinajstić information content (AvgIpc) is 3.15. The fourth-order valence-electron chi connectivity index (χ4n) is 4.06. The van der Waals surface area contributed by atoms with E-state index in [-0.39, 0.29) is 5.91 Å². The molecule has 1 saturated carbocycles. The van der Waals surface area contributed by atoms with Gasteiger partial charge in [0.2, 0.25) is 0 Å². The van der Waals surface area contributed by atoms with Gasteiger partial charge in [0.15, 0.2) is 0 Å². The van der Waals surface area contributed by atoms with Crippen molar-refractivity contribution in [1.82, 2.24) is 9.80 Å². The third-order valence-electron chi connectivity index (χ3n) is 5.44. The van der Waals surface area contributed by atoms with Gasteiger partial charge in [-0.25, -0.2) is 0 Å². The van der Waals surface area contributed by atoms with E-state index in [1.807, 2.05) is 29.2 Å². The molecule has 0 radical (unpaired) electrons. The minimum Gasteiger partial charge on any atom is -0.336 e. The Balaban J connectivity index is 1.44. The van der Waals surface area contributed by atoms with Crippen LogP contribution in [-0.4, -0.2) is 47.9 Å². The van der Waals surface area contributed by atoms with Crippen molar-refractivity contribution in [2.45, 2.75) is 31.7 Å². The predicted octanol–water partition coefficient (Wildman–Crippen LogP) is 3.54. The second-order valence-corrected chi connectivity index (χ2v) is 6.83. The highest BCUT2D eigenvalue weighted by Crippen LogP contribution is 2.25. The van der Waals surface area contributed by atoms with Crippen LogP contribution in [0.15, 0.2) is 42.5 Å². The highest BCUT2D eigenvalue weighted by Gasteiger charge is 2.28. The molecule has 2 aliphatic rings. The molecule has 0 N–H and O–H groups in total. The van der Waals surface area contributed by atoms with Crippen LogP contribution in [0.5, 0.6) is 0 Å². The van der Waals surface area contributed by atoms with Crippen molar-refractivity contribution in [3.05, 3.63) is 48.0 Å². The molecule has 1 aliphatic carbocycles. The Kier molecular flexibility index (Phi) is 4.04. The summed E-state index contributed by atoms with van der Waals surface area (Å²) < 4.78 is 0. The van der Waals surface area contributed by atoms with Crippen LogP contribution < -0.4 is 0 Å². The van der Waals surface area contributed by atoms with Crippen LogP contribution >= 0.6 is 0 Å². The molecule has 120 valence electrons. The van der Waals surface area contributed by atoms with E-state index in [0.29, 0.717) is 0 Å². The van der Waals surface area contributed by atoms with Gasteiger partial charge in [-0.1, -0.05) is 43.2 Å². The first-order valence-corrected chi connectivity index (χ1v) is 8.83. The number of rotatable bonds is 2. The minimum atomic E-state index is 0.182. The lowest BCUT2D eigenvalue weighted by atomic mass is 10.1. The molecule has 3 nitrogen and oxygen atoms in total. The molecule has 1 amide bonds. The summed E-state index contributed by atoms with van der Waals surface area (Å²) >= 11 is 0. The topological polar surface area (TPSA) is 23.6 Å². The predicted molar refractivity (Wildman–Crippen MR) is 93.7 cm³/mol. The number of carbonyl (C=O) groups is 1. The van der Waals surface area contributed by atoms with E-state index in [1.165, 1.54) is 31.1 Å². The quantitative estimate of drug-likeness (QED) is 0.847. The maximum absolute atomic E-state index is 12.8. The highest BCUT2D eigenvalue weighted by atomic mass is 16.2. The molecule has 3 heteroatoms. The Morgan fingerprint density at radius 1 is 0.870 bits per heavy atom. The molecule has 2 fully saturated rings. The fraction of sp³-hybridized carbons (Fsp3) is 0.450. The van der Waals surface area contributed by atoms with Crippen molar-refractivity contribution in [1.29, 1.82) is 0 Å². The van der Waals surface area contributed by atoms with Gasteiger partial charge in [-0.15, -0.1) is 0 Å². The Morgan fingerprint density at radius 2 is 1.57 bits per heavy atom. The van der Waals surface area contributed by atoms with Crippen molar-refractivity contribution in [3.63, 3.8) is 0 Å². The van der Waals surface area contributed by atoms with E-state index in [0.717, 1.165) is 43.2 Å². The van der Waals surface area contributed by atoms with Gasteiger partial charge in [-0.2, -0.15) is 0 Å². The number of hydrogen-bond acceptors (Lipinski definition) is 2. The molecule has 0 bridgehead atoms. The third-order valence-corrected chi connectivity index (χ3v) is 5.44. The lowest BCUT2D eigenvalue weighted by molar-refractivity contribution is 0.0573. The lowest BCUT2D eigenvalue weighted by Crippen LogP contribution is -2.51. The number of carbonyl (C=O) groups excluding carboxylic acids is 1. The van der Waals surface area contributed by atoms with Crippen molar-refractivity contribution in [3.8, 4) is 0 Å². The van der Waals surface area contributed by atoms with E-state index >= 15 is 0 Å². The van der Waals surface area contributed by atoms with E-state index in [2.05, 4.69) is 23.1 Å². The summed E-state index contributed by atoms with van der Waals surface area (Å²) in [4.78, 5) is 17.4. The summed E-state index contributed by atoms with van der Waals surface area (Å²) in [7, 11) is 0. The van der Waals surface area contributed by atoms with E-state index in [1.54, 1.807) is 0 Å². The van der Waals surface area contributed by atoms with Crippen molar-refractivity contribution < 1.29 is 4.79 Å². The lowest BCUT2D eigenvalue weighted by Gasteiger charge is -2.38. The van der Waals surface area contributed by atoms with Crippen LogP contribution in [0.3, 0.4) is 0 Å². The van der Waals surface area contributed by atoms with Gasteiger partial charge in [-0.3, -0.25) is 9.69 Å². The molecule has 0 aromatic heterocycles. The van der Waals surface area contributed by atoms with E-state index < -0.39 is 0 Å². The molecule has 23 heavy (non-hydrogen) atoms. The number of piperazine rings is 1. The maximum Gasteiger partial charge on any atom is 0.253 e. The van der Waals surface area contributed by atoms with Crippen molar-refractivity contribution in [2.24, 2.45) is 0 Å². The van der Waals surface area contributed by atoms with Gasteiger partial charge in [0.05, 0.1) is 0 Å². The smallest absolute Gasteiger partial charge is 0.253 e. The van der Waals surface area contributed by atoms with Crippen molar-refractivity contribution >= 4 is 16.7 Å². The van der Waals surface area contributed by atoms with Crippen LogP contribution in [0.25, 0.3) is 10.8 Å². The highest BCUT2D eigenvalue weighted by molar-refractivity contribution is 5.98. The first kappa shape index (κ1) is 14.7. The summed E-state index contributed by atoms with van der Waals surface area (Å²) in [5.74, 6) is 0.182. The van der Waals surface area contributed by atoms with E-state index in [4.69, 9.17) is 0 Å². The van der Waals surface area contributed by atoms with Gasteiger partial charge in [0, 0.05) is 37.8 Å². The summed E-state index contributed by atoms with van der Waals surface area (Å²) in [5, 5.41) is 2.33. The molecule has 0 unspecified atom stereocenters. The molecule has 1 saturated heterocycles. The fourth-order valence-corrected chi connectivity index (χ4v) is 4.06. The Labute approximate surface area is 137 Å². The summed E-state index contributed by atoms with van der Waals surface area (Å²) in [6.45, 7) is 3.79. The minimum absolute atomic E-state index is 0.182. The molecule has 2 aromatic rings. The molecular formula is C20H24N2O. The van der Waals surface area contributed by atoms with Crippen LogP contribution in [0.4, 0.5) is 0 Å². The normalized spacial score (nSPS) is 20.3.